The predicted octanol–water partition coefficient (Wildman–Crippen LogP) is 2.23. The lowest BCUT2D eigenvalue weighted by Gasteiger charge is -2.45. The van der Waals surface area contributed by atoms with E-state index in [9.17, 15) is 18.0 Å². The monoisotopic (exact) mass is 495 g/mol. The van der Waals surface area contributed by atoms with Crippen molar-refractivity contribution >= 4 is 21.8 Å². The van der Waals surface area contributed by atoms with Gasteiger partial charge >= 0.3 is 5.97 Å². The van der Waals surface area contributed by atoms with Gasteiger partial charge in [0.2, 0.25) is 10.0 Å². The Morgan fingerprint density at radius 1 is 1.09 bits per heavy atom. The maximum Gasteiger partial charge on any atom is 0.327 e. The Hall–Kier alpha value is -1.85. The highest BCUT2D eigenvalue weighted by Gasteiger charge is 2.49. The molecule has 1 spiro atoms. The van der Waals surface area contributed by atoms with Gasteiger partial charge in [0, 0.05) is 12.8 Å². The van der Waals surface area contributed by atoms with Crippen molar-refractivity contribution in [2.24, 2.45) is 0 Å². The van der Waals surface area contributed by atoms with Crippen LogP contribution in [0, 0.1) is 0 Å². The van der Waals surface area contributed by atoms with E-state index in [4.69, 9.17) is 18.9 Å². The molecule has 188 valence electrons. The fourth-order valence-corrected chi connectivity index (χ4v) is 5.88. The molecule has 0 aromatic heterocycles. The molecule has 1 aromatic carbocycles. The number of benzene rings is 1. The first-order valence-corrected chi connectivity index (χ1v) is 13.7. The van der Waals surface area contributed by atoms with Crippen LogP contribution in [0.25, 0.3) is 0 Å². The highest BCUT2D eigenvalue weighted by atomic mass is 32.2. The molecule has 34 heavy (non-hydrogen) atoms. The van der Waals surface area contributed by atoms with Gasteiger partial charge in [-0.3, -0.25) is 9.59 Å². The second-order valence-electron chi connectivity index (χ2n) is 9.61. The van der Waals surface area contributed by atoms with E-state index in [-0.39, 0.29) is 31.8 Å². The zero-order valence-corrected chi connectivity index (χ0v) is 20.3. The van der Waals surface area contributed by atoms with Gasteiger partial charge in [0.25, 0.3) is 0 Å². The molecule has 1 saturated carbocycles. The third-order valence-electron chi connectivity index (χ3n) is 6.56. The number of sulfonamides is 1. The van der Waals surface area contributed by atoms with Crippen molar-refractivity contribution in [3.05, 3.63) is 35.9 Å². The fraction of sp³-hybridized carbons (Fsp3) is 0.667. The second kappa shape index (κ2) is 10.4. The first-order valence-electron chi connectivity index (χ1n) is 11.8. The molecule has 2 aliphatic heterocycles. The molecule has 1 aliphatic carbocycles. The van der Waals surface area contributed by atoms with Crippen LogP contribution in [0.3, 0.4) is 0 Å². The summed E-state index contributed by atoms with van der Waals surface area (Å²) in [5, 5.41) is 0. The quantitative estimate of drug-likeness (QED) is 0.519. The van der Waals surface area contributed by atoms with Gasteiger partial charge in [-0.15, -0.1) is 0 Å². The van der Waals surface area contributed by atoms with Gasteiger partial charge in [-0.05, 0) is 37.7 Å². The summed E-state index contributed by atoms with van der Waals surface area (Å²) < 4.78 is 49.4. The van der Waals surface area contributed by atoms with Crippen LogP contribution >= 0.6 is 0 Å². The van der Waals surface area contributed by atoms with E-state index in [1.165, 1.54) is 0 Å². The van der Waals surface area contributed by atoms with Gasteiger partial charge in [0.15, 0.2) is 5.79 Å². The van der Waals surface area contributed by atoms with Gasteiger partial charge in [-0.25, -0.2) is 8.42 Å². The normalized spacial score (nSPS) is 28.9. The van der Waals surface area contributed by atoms with Crippen LogP contribution in [0.2, 0.25) is 0 Å². The second-order valence-corrected chi connectivity index (χ2v) is 11.4. The SMILES string of the molecule is CS(=O)(=O)NC1(C(=O)OC[C@@H]2CCC[C@]3(CC(=O)C[C@@H](COCc4ccccc4)O3)O2)CCC1. The first-order chi connectivity index (χ1) is 16.2. The maximum absolute atomic E-state index is 12.7. The molecule has 0 amide bonds. The number of ketones is 1. The minimum absolute atomic E-state index is 0.0134. The van der Waals surface area contributed by atoms with E-state index in [2.05, 4.69) is 4.72 Å². The van der Waals surface area contributed by atoms with Crippen LogP contribution in [0.4, 0.5) is 0 Å². The third kappa shape index (κ3) is 6.42. The number of carbonyl (C=O) groups excluding carboxylic acids is 2. The minimum Gasteiger partial charge on any atom is -0.462 e. The molecular formula is C24H33NO8S. The molecular weight excluding hydrogens is 462 g/mol. The fourth-order valence-electron chi connectivity index (χ4n) is 4.88. The summed E-state index contributed by atoms with van der Waals surface area (Å²) in [5.41, 5.74) is -0.136. The first kappa shape index (κ1) is 25.2. The van der Waals surface area contributed by atoms with E-state index in [1.54, 1.807) is 0 Å². The van der Waals surface area contributed by atoms with Crippen LogP contribution in [-0.2, 0) is 45.2 Å². The van der Waals surface area contributed by atoms with E-state index < -0.39 is 39.5 Å². The Kier molecular flexibility index (Phi) is 7.73. The molecule has 0 radical (unpaired) electrons. The van der Waals surface area contributed by atoms with E-state index in [1.807, 2.05) is 30.3 Å². The summed E-state index contributed by atoms with van der Waals surface area (Å²) in [6.45, 7) is 0.705. The number of nitrogens with one attached hydrogen (secondary N) is 1. The molecule has 3 aliphatic rings. The predicted molar refractivity (Wildman–Crippen MR) is 122 cm³/mol. The Morgan fingerprint density at radius 3 is 2.50 bits per heavy atom. The van der Waals surface area contributed by atoms with Gasteiger partial charge in [0.05, 0.1) is 38.1 Å². The molecule has 3 fully saturated rings. The van der Waals surface area contributed by atoms with Gasteiger partial charge < -0.3 is 18.9 Å². The summed E-state index contributed by atoms with van der Waals surface area (Å²) >= 11 is 0. The lowest BCUT2D eigenvalue weighted by Crippen LogP contribution is -2.60. The maximum atomic E-state index is 12.7. The highest BCUT2D eigenvalue weighted by molar-refractivity contribution is 7.88. The average Bonchev–Trinajstić information content (AvgIpc) is 2.74. The van der Waals surface area contributed by atoms with Crippen LogP contribution < -0.4 is 4.72 Å². The van der Waals surface area contributed by atoms with Crippen LogP contribution in [-0.4, -0.2) is 63.2 Å². The standard InChI is InChI=1S/C24H33NO8S/c1-34(28,29)25-23(10-6-11-23)22(27)31-17-20-9-5-12-24(32-20)14-19(26)13-21(33-24)16-30-15-18-7-3-2-4-8-18/h2-4,7-8,20-21,25H,5-6,9-17H2,1H3/t20-,21-,24-/m0/s1. The number of hydrogen-bond donors (Lipinski definition) is 1. The molecule has 2 heterocycles. The van der Waals surface area contributed by atoms with Crippen molar-refractivity contribution in [3.8, 4) is 0 Å². The molecule has 0 unspecified atom stereocenters. The highest BCUT2D eigenvalue weighted by Crippen LogP contribution is 2.39. The van der Waals surface area contributed by atoms with E-state index >= 15 is 0 Å². The summed E-state index contributed by atoms with van der Waals surface area (Å²) in [6, 6.07) is 9.79. The van der Waals surface area contributed by atoms with Crippen LogP contribution in [0.15, 0.2) is 30.3 Å². The molecule has 3 atom stereocenters. The number of carbonyl (C=O) groups is 2. The van der Waals surface area contributed by atoms with Crippen LogP contribution in [0.1, 0.15) is 56.9 Å². The summed E-state index contributed by atoms with van der Waals surface area (Å²) in [4.78, 5) is 25.2. The van der Waals surface area contributed by atoms with Crippen molar-refractivity contribution in [2.75, 3.05) is 19.5 Å². The van der Waals surface area contributed by atoms with Crippen molar-refractivity contribution in [3.63, 3.8) is 0 Å². The zero-order chi connectivity index (χ0) is 24.2. The number of hydrogen-bond acceptors (Lipinski definition) is 8. The van der Waals surface area contributed by atoms with Crippen LogP contribution in [0.5, 0.6) is 0 Å². The molecule has 1 aromatic rings. The lowest BCUT2D eigenvalue weighted by atomic mass is 9.78. The number of rotatable bonds is 9. The summed E-state index contributed by atoms with van der Waals surface area (Å²) in [6.07, 6.45) is 4.23. The van der Waals surface area contributed by atoms with Crippen molar-refractivity contribution in [1.29, 1.82) is 0 Å². The molecule has 4 rings (SSSR count). The Labute approximate surface area is 200 Å². The van der Waals surface area contributed by atoms with Gasteiger partial charge in [-0.2, -0.15) is 4.72 Å². The minimum atomic E-state index is -3.54. The van der Waals surface area contributed by atoms with E-state index in [0.29, 0.717) is 32.3 Å². The Bertz CT molecular complexity index is 978. The molecule has 2 saturated heterocycles. The lowest BCUT2D eigenvalue weighted by molar-refractivity contribution is -0.313. The summed E-state index contributed by atoms with van der Waals surface area (Å²) in [7, 11) is -3.54. The third-order valence-corrected chi connectivity index (χ3v) is 7.32. The molecule has 0 bridgehead atoms. The van der Waals surface area contributed by atoms with Crippen molar-refractivity contribution in [2.45, 2.75) is 81.5 Å². The smallest absolute Gasteiger partial charge is 0.327 e. The molecule has 10 heteroatoms. The zero-order valence-electron chi connectivity index (χ0n) is 19.5. The van der Waals surface area contributed by atoms with E-state index in [0.717, 1.165) is 24.7 Å². The molecule has 1 N–H and O–H groups in total. The Morgan fingerprint density at radius 2 is 1.82 bits per heavy atom. The number of ether oxygens (including phenoxy) is 4. The van der Waals surface area contributed by atoms with Crippen molar-refractivity contribution < 1.29 is 37.0 Å². The van der Waals surface area contributed by atoms with Gasteiger partial charge in [0.1, 0.15) is 17.9 Å². The number of esters is 1. The Balaban J connectivity index is 1.30. The van der Waals surface area contributed by atoms with Crippen molar-refractivity contribution in [1.82, 2.24) is 4.72 Å². The topological polar surface area (TPSA) is 117 Å². The summed E-state index contributed by atoms with van der Waals surface area (Å²) in [5.74, 6) is -1.56. The van der Waals surface area contributed by atoms with Gasteiger partial charge in [-0.1, -0.05) is 30.3 Å². The molecule has 9 nitrogen and oxygen atoms in total. The largest absolute Gasteiger partial charge is 0.462 e. The number of Topliss-reactive ketones (excluding diaryl/α,β-unsaturated/α-hetero) is 1. The average molecular weight is 496 g/mol.